The monoisotopic (exact) mass is 352 g/mol. The molecule has 2 aromatic heterocycles. The van der Waals surface area contributed by atoms with Crippen molar-refractivity contribution >= 4 is 38.2 Å². The summed E-state index contributed by atoms with van der Waals surface area (Å²) in [6, 6.07) is 12.8. The van der Waals surface area contributed by atoms with Crippen LogP contribution in [0.15, 0.2) is 47.8 Å². The van der Waals surface area contributed by atoms with Gasteiger partial charge in [-0.25, -0.2) is 4.39 Å². The number of H-pyrrole nitrogens is 1. The molecule has 5 heteroatoms. The Hall–Kier alpha value is -2.66. The van der Waals surface area contributed by atoms with Crippen LogP contribution in [0.4, 0.5) is 4.39 Å². The van der Waals surface area contributed by atoms with Crippen LogP contribution in [0.3, 0.4) is 0 Å². The summed E-state index contributed by atoms with van der Waals surface area (Å²) in [5.41, 5.74) is 3.72. The molecule has 0 aliphatic carbocycles. The molecule has 0 saturated carbocycles. The molecule has 2 heterocycles. The van der Waals surface area contributed by atoms with E-state index in [4.69, 9.17) is 0 Å². The SMILES string of the molecule is Cc1[nH]c2ccc(F)cc2c1CC(=O)NCc1csc2ccccc12. The van der Waals surface area contributed by atoms with Gasteiger partial charge in [-0.15, -0.1) is 11.3 Å². The third kappa shape index (κ3) is 3.03. The van der Waals surface area contributed by atoms with E-state index in [1.807, 2.05) is 19.1 Å². The molecule has 0 radical (unpaired) electrons. The number of carbonyl (C=O) groups is 1. The van der Waals surface area contributed by atoms with Crippen LogP contribution in [0.25, 0.3) is 21.0 Å². The van der Waals surface area contributed by atoms with Gasteiger partial charge < -0.3 is 10.3 Å². The van der Waals surface area contributed by atoms with E-state index in [1.54, 1.807) is 17.4 Å². The minimum Gasteiger partial charge on any atom is -0.358 e. The lowest BCUT2D eigenvalue weighted by Crippen LogP contribution is -2.24. The third-order valence-corrected chi connectivity index (χ3v) is 5.47. The van der Waals surface area contributed by atoms with Crippen molar-refractivity contribution in [3.63, 3.8) is 0 Å². The highest BCUT2D eigenvalue weighted by Gasteiger charge is 2.13. The molecule has 0 unspecified atom stereocenters. The molecule has 0 aliphatic rings. The first-order valence-electron chi connectivity index (χ1n) is 8.10. The highest BCUT2D eigenvalue weighted by atomic mass is 32.1. The van der Waals surface area contributed by atoms with Crippen molar-refractivity contribution < 1.29 is 9.18 Å². The smallest absolute Gasteiger partial charge is 0.224 e. The van der Waals surface area contributed by atoms with Crippen LogP contribution >= 0.6 is 11.3 Å². The van der Waals surface area contributed by atoms with Gasteiger partial charge in [0.1, 0.15) is 5.82 Å². The van der Waals surface area contributed by atoms with Gasteiger partial charge in [0.25, 0.3) is 0 Å². The van der Waals surface area contributed by atoms with Gasteiger partial charge >= 0.3 is 0 Å². The molecule has 126 valence electrons. The second-order valence-corrected chi connectivity index (χ2v) is 7.04. The topological polar surface area (TPSA) is 44.9 Å². The summed E-state index contributed by atoms with van der Waals surface area (Å²) in [5.74, 6) is -0.360. The number of aromatic amines is 1. The van der Waals surface area contributed by atoms with E-state index in [0.717, 1.165) is 27.7 Å². The van der Waals surface area contributed by atoms with E-state index in [0.29, 0.717) is 6.54 Å². The fourth-order valence-corrected chi connectivity index (χ4v) is 4.13. The fraction of sp³-hybridized carbons (Fsp3) is 0.150. The van der Waals surface area contributed by atoms with E-state index in [2.05, 4.69) is 27.8 Å². The number of nitrogens with one attached hydrogen (secondary N) is 2. The molecule has 4 aromatic rings. The largest absolute Gasteiger partial charge is 0.358 e. The molecule has 0 bridgehead atoms. The third-order valence-electron chi connectivity index (χ3n) is 4.46. The van der Waals surface area contributed by atoms with Crippen molar-refractivity contribution in [3.8, 4) is 0 Å². The molecular weight excluding hydrogens is 335 g/mol. The number of benzene rings is 2. The Kier molecular flexibility index (Phi) is 4.01. The second kappa shape index (κ2) is 6.33. The van der Waals surface area contributed by atoms with Crippen LogP contribution in [0.5, 0.6) is 0 Å². The van der Waals surface area contributed by atoms with Gasteiger partial charge in [0, 0.05) is 27.8 Å². The summed E-state index contributed by atoms with van der Waals surface area (Å²) in [6.45, 7) is 2.41. The molecular formula is C20H17FN2OS. The van der Waals surface area contributed by atoms with Crippen molar-refractivity contribution in [1.29, 1.82) is 0 Å². The fourth-order valence-electron chi connectivity index (χ4n) is 3.17. The Morgan fingerprint density at radius 3 is 2.92 bits per heavy atom. The van der Waals surface area contributed by atoms with E-state index in [9.17, 15) is 9.18 Å². The Morgan fingerprint density at radius 2 is 2.04 bits per heavy atom. The van der Waals surface area contributed by atoms with Crippen LogP contribution in [0.2, 0.25) is 0 Å². The van der Waals surface area contributed by atoms with Crippen molar-refractivity contribution in [2.45, 2.75) is 19.9 Å². The molecule has 3 nitrogen and oxygen atoms in total. The molecule has 0 saturated heterocycles. The van der Waals surface area contributed by atoms with Crippen LogP contribution in [-0.2, 0) is 17.8 Å². The lowest BCUT2D eigenvalue weighted by Gasteiger charge is -2.05. The minimum absolute atomic E-state index is 0.0662. The number of fused-ring (bicyclic) bond motifs is 2. The lowest BCUT2D eigenvalue weighted by atomic mass is 10.1. The number of aryl methyl sites for hydroxylation is 1. The zero-order valence-corrected chi connectivity index (χ0v) is 14.5. The van der Waals surface area contributed by atoms with Crippen molar-refractivity contribution in [2.75, 3.05) is 0 Å². The van der Waals surface area contributed by atoms with E-state index < -0.39 is 0 Å². The molecule has 2 aromatic carbocycles. The summed E-state index contributed by atoms with van der Waals surface area (Å²) < 4.78 is 14.7. The predicted molar refractivity (Wildman–Crippen MR) is 100 cm³/mol. The highest BCUT2D eigenvalue weighted by molar-refractivity contribution is 7.17. The standard InChI is InChI=1S/C20H17FN2OS/c1-12-16(17-8-14(21)6-7-18(17)23-12)9-20(24)22-10-13-11-25-19-5-3-2-4-15(13)19/h2-8,11,23H,9-10H2,1H3,(H,22,24). The van der Waals surface area contributed by atoms with Gasteiger partial charge in [-0.05, 0) is 53.1 Å². The number of halogens is 1. The van der Waals surface area contributed by atoms with Gasteiger partial charge in [-0.3, -0.25) is 4.79 Å². The average molecular weight is 352 g/mol. The molecule has 25 heavy (non-hydrogen) atoms. The number of hydrogen-bond donors (Lipinski definition) is 2. The zero-order valence-electron chi connectivity index (χ0n) is 13.7. The summed E-state index contributed by atoms with van der Waals surface area (Å²) in [5, 5.41) is 7.01. The number of thiophene rings is 1. The summed E-state index contributed by atoms with van der Waals surface area (Å²) in [7, 11) is 0. The second-order valence-electron chi connectivity index (χ2n) is 6.13. The summed E-state index contributed by atoms with van der Waals surface area (Å²) >= 11 is 1.68. The maximum absolute atomic E-state index is 13.5. The molecule has 0 atom stereocenters. The number of carbonyl (C=O) groups excluding carboxylic acids is 1. The first-order valence-corrected chi connectivity index (χ1v) is 8.98. The minimum atomic E-state index is -0.294. The summed E-state index contributed by atoms with van der Waals surface area (Å²) in [6.07, 6.45) is 0.233. The first kappa shape index (κ1) is 15.8. The maximum atomic E-state index is 13.5. The van der Waals surface area contributed by atoms with Crippen LogP contribution in [-0.4, -0.2) is 10.9 Å². The van der Waals surface area contributed by atoms with Gasteiger partial charge in [0.05, 0.1) is 6.42 Å². The quantitative estimate of drug-likeness (QED) is 0.550. The predicted octanol–water partition coefficient (Wildman–Crippen LogP) is 4.69. The van der Waals surface area contributed by atoms with Gasteiger partial charge in [-0.2, -0.15) is 0 Å². The Bertz CT molecular complexity index is 1080. The molecule has 0 spiro atoms. The number of amides is 1. The molecule has 0 fully saturated rings. The van der Waals surface area contributed by atoms with E-state index in [-0.39, 0.29) is 18.1 Å². The van der Waals surface area contributed by atoms with Crippen molar-refractivity contribution in [1.82, 2.24) is 10.3 Å². The van der Waals surface area contributed by atoms with Crippen LogP contribution < -0.4 is 5.32 Å². The molecule has 1 amide bonds. The summed E-state index contributed by atoms with van der Waals surface area (Å²) in [4.78, 5) is 15.6. The highest BCUT2D eigenvalue weighted by Crippen LogP contribution is 2.26. The van der Waals surface area contributed by atoms with Gasteiger partial charge in [0.2, 0.25) is 5.91 Å². The van der Waals surface area contributed by atoms with Crippen molar-refractivity contribution in [3.05, 3.63) is 70.5 Å². The average Bonchev–Trinajstić information content (AvgIpc) is 3.15. The Morgan fingerprint density at radius 1 is 1.20 bits per heavy atom. The van der Waals surface area contributed by atoms with E-state index >= 15 is 0 Å². The van der Waals surface area contributed by atoms with E-state index in [1.165, 1.54) is 22.2 Å². The molecule has 2 N–H and O–H groups in total. The van der Waals surface area contributed by atoms with Gasteiger partial charge in [0.15, 0.2) is 0 Å². The Labute approximate surface area is 148 Å². The van der Waals surface area contributed by atoms with Gasteiger partial charge in [-0.1, -0.05) is 18.2 Å². The molecule has 0 aliphatic heterocycles. The normalized spacial score (nSPS) is 11.3. The van der Waals surface area contributed by atoms with Crippen molar-refractivity contribution in [2.24, 2.45) is 0 Å². The maximum Gasteiger partial charge on any atom is 0.224 e. The Balaban J connectivity index is 1.51. The number of hydrogen-bond acceptors (Lipinski definition) is 2. The molecule has 4 rings (SSSR count). The van der Waals surface area contributed by atoms with Crippen LogP contribution in [0, 0.1) is 12.7 Å². The number of rotatable bonds is 4. The first-order chi connectivity index (χ1) is 12.1. The lowest BCUT2D eigenvalue weighted by molar-refractivity contribution is -0.120. The van der Waals surface area contributed by atoms with Crippen LogP contribution in [0.1, 0.15) is 16.8 Å². The number of aromatic nitrogens is 1. The zero-order chi connectivity index (χ0) is 17.4.